The molecule has 102 valence electrons. The molecule has 2 nitrogen and oxygen atoms in total. The van der Waals surface area contributed by atoms with Gasteiger partial charge in [0, 0.05) is 23.9 Å². The second kappa shape index (κ2) is 7.29. The standard InChI is InChI=1S/C18H19NO/c1-2-13-19-17(15-9-5-3-6-10-15)14-18(20)16-11-7-4-8-12-16/h3-12,14,19H,2,13H2,1H3/b17-14-. The first-order chi connectivity index (χ1) is 9.81. The lowest BCUT2D eigenvalue weighted by Gasteiger charge is -2.10. The largest absolute Gasteiger partial charge is 0.384 e. The van der Waals surface area contributed by atoms with Gasteiger partial charge in [-0.2, -0.15) is 0 Å². The van der Waals surface area contributed by atoms with Crippen LogP contribution in [0.1, 0.15) is 29.3 Å². The average molecular weight is 265 g/mol. The minimum absolute atomic E-state index is 0.0213. The van der Waals surface area contributed by atoms with E-state index in [0.29, 0.717) is 5.56 Å². The Labute approximate surface area is 120 Å². The fraction of sp³-hybridized carbons (Fsp3) is 0.167. The normalized spacial score (nSPS) is 11.2. The van der Waals surface area contributed by atoms with E-state index in [4.69, 9.17) is 0 Å². The predicted octanol–water partition coefficient (Wildman–Crippen LogP) is 3.91. The highest BCUT2D eigenvalue weighted by molar-refractivity contribution is 6.08. The van der Waals surface area contributed by atoms with E-state index in [1.807, 2.05) is 60.7 Å². The third-order valence-electron chi connectivity index (χ3n) is 2.98. The van der Waals surface area contributed by atoms with Gasteiger partial charge >= 0.3 is 0 Å². The fourth-order valence-electron chi connectivity index (χ4n) is 1.93. The third kappa shape index (κ3) is 3.82. The molecule has 0 fully saturated rings. The number of ketones is 1. The SMILES string of the molecule is CCCN/C(=C\C(=O)c1ccccc1)c1ccccc1. The van der Waals surface area contributed by atoms with Crippen LogP contribution in [-0.2, 0) is 0 Å². The molecule has 1 N–H and O–H groups in total. The van der Waals surface area contributed by atoms with Crippen LogP contribution in [0.15, 0.2) is 66.7 Å². The van der Waals surface area contributed by atoms with Crippen molar-refractivity contribution >= 4 is 11.5 Å². The summed E-state index contributed by atoms with van der Waals surface area (Å²) in [6.07, 6.45) is 2.70. The summed E-state index contributed by atoms with van der Waals surface area (Å²) in [5, 5.41) is 3.33. The molecule has 0 bridgehead atoms. The second-order valence-electron chi connectivity index (χ2n) is 4.58. The van der Waals surface area contributed by atoms with Crippen molar-refractivity contribution in [2.24, 2.45) is 0 Å². The molecule has 0 saturated carbocycles. The van der Waals surface area contributed by atoms with E-state index < -0.39 is 0 Å². The highest BCUT2D eigenvalue weighted by atomic mass is 16.1. The molecule has 0 aromatic heterocycles. The monoisotopic (exact) mass is 265 g/mol. The lowest BCUT2D eigenvalue weighted by atomic mass is 10.1. The van der Waals surface area contributed by atoms with Crippen molar-refractivity contribution in [1.82, 2.24) is 5.32 Å². The van der Waals surface area contributed by atoms with Crippen molar-refractivity contribution in [3.8, 4) is 0 Å². The molecule has 0 amide bonds. The Balaban J connectivity index is 2.27. The topological polar surface area (TPSA) is 29.1 Å². The van der Waals surface area contributed by atoms with Gasteiger partial charge in [0.2, 0.25) is 0 Å². The fourth-order valence-corrected chi connectivity index (χ4v) is 1.93. The first-order valence-corrected chi connectivity index (χ1v) is 6.91. The lowest BCUT2D eigenvalue weighted by molar-refractivity contribution is 0.104. The quantitative estimate of drug-likeness (QED) is 0.633. The maximum atomic E-state index is 12.3. The van der Waals surface area contributed by atoms with Crippen LogP contribution >= 0.6 is 0 Å². The van der Waals surface area contributed by atoms with Gasteiger partial charge in [-0.15, -0.1) is 0 Å². The van der Waals surface area contributed by atoms with E-state index in [-0.39, 0.29) is 5.78 Å². The van der Waals surface area contributed by atoms with Crippen LogP contribution in [0.5, 0.6) is 0 Å². The van der Waals surface area contributed by atoms with Crippen molar-refractivity contribution in [2.45, 2.75) is 13.3 Å². The number of carbonyl (C=O) groups is 1. The van der Waals surface area contributed by atoms with E-state index in [0.717, 1.165) is 24.2 Å². The van der Waals surface area contributed by atoms with Gasteiger partial charge in [0.25, 0.3) is 0 Å². The molecule has 2 aromatic rings. The number of benzene rings is 2. The first kappa shape index (κ1) is 14.1. The summed E-state index contributed by atoms with van der Waals surface area (Å²) in [5.74, 6) is 0.0213. The van der Waals surface area contributed by atoms with E-state index in [1.54, 1.807) is 6.08 Å². The van der Waals surface area contributed by atoms with E-state index >= 15 is 0 Å². The van der Waals surface area contributed by atoms with E-state index in [1.165, 1.54) is 0 Å². The molecule has 0 aliphatic rings. The Kier molecular flexibility index (Phi) is 5.13. The highest BCUT2D eigenvalue weighted by Gasteiger charge is 2.06. The van der Waals surface area contributed by atoms with Gasteiger partial charge in [-0.1, -0.05) is 67.6 Å². The van der Waals surface area contributed by atoms with Crippen LogP contribution < -0.4 is 5.32 Å². The van der Waals surface area contributed by atoms with Crippen molar-refractivity contribution in [2.75, 3.05) is 6.54 Å². The maximum Gasteiger partial charge on any atom is 0.187 e. The molecule has 2 aromatic carbocycles. The van der Waals surface area contributed by atoms with Gasteiger partial charge in [-0.05, 0) is 12.0 Å². The minimum atomic E-state index is 0.0213. The van der Waals surface area contributed by atoms with E-state index in [2.05, 4.69) is 12.2 Å². The molecule has 20 heavy (non-hydrogen) atoms. The van der Waals surface area contributed by atoms with Crippen molar-refractivity contribution in [3.05, 3.63) is 77.9 Å². The smallest absolute Gasteiger partial charge is 0.187 e. The number of rotatable bonds is 6. The summed E-state index contributed by atoms with van der Waals surface area (Å²) in [6.45, 7) is 2.96. The molecule has 0 radical (unpaired) electrons. The minimum Gasteiger partial charge on any atom is -0.384 e. The molecule has 0 unspecified atom stereocenters. The van der Waals surface area contributed by atoms with Crippen LogP contribution in [0.2, 0.25) is 0 Å². The lowest BCUT2D eigenvalue weighted by Crippen LogP contribution is -2.14. The van der Waals surface area contributed by atoms with Gasteiger partial charge in [-0.3, -0.25) is 4.79 Å². The van der Waals surface area contributed by atoms with Crippen LogP contribution in [0, 0.1) is 0 Å². The molecule has 0 aliphatic heterocycles. The summed E-state index contributed by atoms with van der Waals surface area (Å²) >= 11 is 0. The van der Waals surface area contributed by atoms with E-state index in [9.17, 15) is 4.79 Å². The summed E-state index contributed by atoms with van der Waals surface area (Å²) < 4.78 is 0. The molecular formula is C18H19NO. The summed E-state index contributed by atoms with van der Waals surface area (Å²) in [6, 6.07) is 19.3. The second-order valence-corrected chi connectivity index (χ2v) is 4.58. The third-order valence-corrected chi connectivity index (χ3v) is 2.98. The van der Waals surface area contributed by atoms with Crippen molar-refractivity contribution in [3.63, 3.8) is 0 Å². The maximum absolute atomic E-state index is 12.3. The first-order valence-electron chi connectivity index (χ1n) is 6.91. The Morgan fingerprint density at radius 2 is 1.50 bits per heavy atom. The summed E-state index contributed by atoms with van der Waals surface area (Å²) in [5.41, 5.74) is 2.62. The average Bonchev–Trinajstić information content (AvgIpc) is 2.53. The van der Waals surface area contributed by atoms with Crippen LogP contribution in [0.4, 0.5) is 0 Å². The van der Waals surface area contributed by atoms with Gasteiger partial charge in [0.05, 0.1) is 0 Å². The van der Waals surface area contributed by atoms with Gasteiger partial charge in [0.1, 0.15) is 0 Å². The molecule has 2 heteroatoms. The molecule has 0 aliphatic carbocycles. The summed E-state index contributed by atoms with van der Waals surface area (Å²) in [4.78, 5) is 12.3. The van der Waals surface area contributed by atoms with Gasteiger partial charge < -0.3 is 5.32 Å². The highest BCUT2D eigenvalue weighted by Crippen LogP contribution is 2.13. The molecule has 0 heterocycles. The number of nitrogens with one attached hydrogen (secondary N) is 1. The Hall–Kier alpha value is -2.35. The molecule has 2 rings (SSSR count). The zero-order valence-corrected chi connectivity index (χ0v) is 11.7. The Morgan fingerprint density at radius 1 is 0.950 bits per heavy atom. The number of hydrogen-bond acceptors (Lipinski definition) is 2. The van der Waals surface area contributed by atoms with Gasteiger partial charge in [0.15, 0.2) is 5.78 Å². The predicted molar refractivity (Wildman–Crippen MR) is 83.5 cm³/mol. The van der Waals surface area contributed by atoms with Crippen molar-refractivity contribution in [1.29, 1.82) is 0 Å². The molecule has 0 atom stereocenters. The Morgan fingerprint density at radius 3 is 2.05 bits per heavy atom. The number of hydrogen-bond donors (Lipinski definition) is 1. The number of allylic oxidation sites excluding steroid dienone is 1. The van der Waals surface area contributed by atoms with Crippen LogP contribution in [0.3, 0.4) is 0 Å². The van der Waals surface area contributed by atoms with Crippen LogP contribution in [0.25, 0.3) is 5.70 Å². The van der Waals surface area contributed by atoms with Crippen LogP contribution in [-0.4, -0.2) is 12.3 Å². The summed E-state index contributed by atoms with van der Waals surface area (Å²) in [7, 11) is 0. The number of carbonyl (C=O) groups excluding carboxylic acids is 1. The van der Waals surface area contributed by atoms with Gasteiger partial charge in [-0.25, -0.2) is 0 Å². The molecular weight excluding hydrogens is 246 g/mol. The zero-order valence-electron chi connectivity index (χ0n) is 11.7. The van der Waals surface area contributed by atoms with Crippen molar-refractivity contribution < 1.29 is 4.79 Å². The molecule has 0 spiro atoms. The zero-order chi connectivity index (χ0) is 14.2. The molecule has 0 saturated heterocycles. The Bertz CT molecular complexity index is 573.